The highest BCUT2D eigenvalue weighted by Crippen LogP contribution is 2.39. The van der Waals surface area contributed by atoms with Gasteiger partial charge in [-0.15, -0.1) is 23.2 Å². The number of halogens is 5. The zero-order chi connectivity index (χ0) is 20.2. The number of esters is 1. The van der Waals surface area contributed by atoms with Crippen molar-refractivity contribution in [2.45, 2.75) is 19.0 Å². The van der Waals surface area contributed by atoms with Crippen molar-refractivity contribution in [2.24, 2.45) is 5.92 Å². The second kappa shape index (κ2) is 9.06. The lowest BCUT2D eigenvalue weighted by atomic mass is 9.93. The molecule has 0 saturated carbocycles. The highest BCUT2D eigenvalue weighted by atomic mass is 35.5. The van der Waals surface area contributed by atoms with Gasteiger partial charge >= 0.3 is 12.1 Å². The van der Waals surface area contributed by atoms with Crippen molar-refractivity contribution >= 4 is 34.9 Å². The summed E-state index contributed by atoms with van der Waals surface area (Å²) in [5.41, 5.74) is -0.0251. The molecule has 1 aliphatic rings. The number of carbonyl (C=O) groups excluding carboxylic acids is 1. The molecule has 0 radical (unpaired) electrons. The van der Waals surface area contributed by atoms with E-state index in [0.717, 1.165) is 6.07 Å². The molecular formula is C18H20Cl2F3NO3. The molecule has 2 rings (SSSR count). The average molecular weight is 426 g/mol. The number of cyclic esters (lactones) is 1. The van der Waals surface area contributed by atoms with Crippen LogP contribution in [0.1, 0.15) is 17.5 Å². The van der Waals surface area contributed by atoms with Crippen molar-refractivity contribution in [2.75, 3.05) is 36.4 Å². The first-order valence-corrected chi connectivity index (χ1v) is 9.41. The fraction of sp³-hybridized carbons (Fsp3) is 0.500. The molecule has 1 saturated heterocycles. The molecule has 9 heteroatoms. The van der Waals surface area contributed by atoms with Crippen LogP contribution in [0.5, 0.6) is 5.75 Å². The monoisotopic (exact) mass is 425 g/mol. The largest absolute Gasteiger partial charge is 0.508 e. The van der Waals surface area contributed by atoms with E-state index < -0.39 is 23.5 Å². The zero-order valence-corrected chi connectivity index (χ0v) is 16.0. The van der Waals surface area contributed by atoms with E-state index in [0.29, 0.717) is 23.6 Å². The molecule has 1 aromatic carbocycles. The Hall–Kier alpha value is -1.60. The summed E-state index contributed by atoms with van der Waals surface area (Å²) < 4.78 is 44.5. The Morgan fingerprint density at radius 2 is 1.89 bits per heavy atom. The van der Waals surface area contributed by atoms with Gasteiger partial charge in [0.1, 0.15) is 5.75 Å². The fourth-order valence-electron chi connectivity index (χ4n) is 3.01. The number of carbonyl (C=O) groups is 1. The first-order chi connectivity index (χ1) is 12.7. The van der Waals surface area contributed by atoms with Crippen LogP contribution in [-0.4, -0.2) is 42.5 Å². The molecule has 1 fully saturated rings. The molecule has 4 nitrogen and oxygen atoms in total. The number of benzene rings is 1. The molecule has 1 atom stereocenters. The summed E-state index contributed by atoms with van der Waals surface area (Å²) in [5, 5.41) is 10.3. The minimum atomic E-state index is -4.60. The Balaban J connectivity index is 2.38. The minimum Gasteiger partial charge on any atom is -0.508 e. The number of hydrogen-bond acceptors (Lipinski definition) is 4. The molecule has 0 amide bonds. The van der Waals surface area contributed by atoms with Crippen molar-refractivity contribution in [3.8, 4) is 5.75 Å². The quantitative estimate of drug-likeness (QED) is 0.382. The number of phenolic OH excluding ortho intramolecular Hbond substituents is 1. The topological polar surface area (TPSA) is 49.8 Å². The SMILES string of the molecule is C=C1C(=O)OC[C@H]1CCc1c(O)cc(C(F)(F)F)cc1N(CCCl)CCCl. The maximum atomic E-state index is 13.2. The molecule has 0 unspecified atom stereocenters. The van der Waals surface area contributed by atoms with Gasteiger partial charge in [0, 0.05) is 47.6 Å². The van der Waals surface area contributed by atoms with Gasteiger partial charge in [-0.2, -0.15) is 13.2 Å². The number of alkyl halides is 5. The van der Waals surface area contributed by atoms with E-state index in [-0.39, 0.29) is 49.5 Å². The number of phenols is 1. The van der Waals surface area contributed by atoms with Gasteiger partial charge in [0.2, 0.25) is 0 Å². The molecule has 150 valence electrons. The van der Waals surface area contributed by atoms with Gasteiger partial charge in [-0.1, -0.05) is 6.58 Å². The summed E-state index contributed by atoms with van der Waals surface area (Å²) in [5.74, 6) is -0.779. The predicted octanol–water partition coefficient (Wildman–Crippen LogP) is 4.36. The van der Waals surface area contributed by atoms with Crippen molar-refractivity contribution in [3.63, 3.8) is 0 Å². The molecular weight excluding hydrogens is 406 g/mol. The third kappa shape index (κ3) is 5.23. The van der Waals surface area contributed by atoms with Crippen LogP contribution in [0.3, 0.4) is 0 Å². The zero-order valence-electron chi connectivity index (χ0n) is 14.5. The number of aromatic hydroxyl groups is 1. The van der Waals surface area contributed by atoms with Crippen molar-refractivity contribution in [1.82, 2.24) is 0 Å². The van der Waals surface area contributed by atoms with Gasteiger partial charge in [0.25, 0.3) is 0 Å². The normalized spacial score (nSPS) is 17.3. The van der Waals surface area contributed by atoms with Gasteiger partial charge in [-0.05, 0) is 25.0 Å². The third-order valence-corrected chi connectivity index (χ3v) is 4.83. The van der Waals surface area contributed by atoms with Gasteiger partial charge in [0.15, 0.2) is 0 Å². The summed E-state index contributed by atoms with van der Waals surface area (Å²) in [6, 6.07) is 1.71. The Bertz CT molecular complexity index is 704. The Morgan fingerprint density at radius 1 is 1.26 bits per heavy atom. The maximum absolute atomic E-state index is 13.2. The summed E-state index contributed by atoms with van der Waals surface area (Å²) in [7, 11) is 0. The standard InChI is InChI=1S/C18H20Cl2F3NO3/c1-11-12(10-27-17(11)26)2-3-14-15(24(6-4-19)7-5-20)8-13(9-16(14)25)18(21,22)23/h8-9,12,25H,1-7,10H2/t12-/m1/s1. The molecule has 1 N–H and O–H groups in total. The Kier molecular flexibility index (Phi) is 7.28. The summed E-state index contributed by atoms with van der Waals surface area (Å²) in [4.78, 5) is 13.1. The molecule has 1 aliphatic heterocycles. The number of anilines is 1. The smallest absolute Gasteiger partial charge is 0.416 e. The van der Waals surface area contributed by atoms with Crippen LogP contribution < -0.4 is 4.90 Å². The van der Waals surface area contributed by atoms with Crippen LogP contribution in [0.25, 0.3) is 0 Å². The molecule has 0 spiro atoms. The second-order valence-electron chi connectivity index (χ2n) is 6.22. The van der Waals surface area contributed by atoms with E-state index >= 15 is 0 Å². The van der Waals surface area contributed by atoms with E-state index in [1.165, 1.54) is 0 Å². The average Bonchev–Trinajstić information content (AvgIpc) is 2.91. The molecule has 27 heavy (non-hydrogen) atoms. The van der Waals surface area contributed by atoms with Crippen LogP contribution >= 0.6 is 23.2 Å². The second-order valence-corrected chi connectivity index (χ2v) is 6.97. The molecule has 0 bridgehead atoms. The highest BCUT2D eigenvalue weighted by Gasteiger charge is 2.34. The van der Waals surface area contributed by atoms with Crippen molar-refractivity contribution in [3.05, 3.63) is 35.4 Å². The predicted molar refractivity (Wildman–Crippen MR) is 98.7 cm³/mol. The van der Waals surface area contributed by atoms with Gasteiger partial charge in [-0.25, -0.2) is 4.79 Å². The van der Waals surface area contributed by atoms with Gasteiger partial charge < -0.3 is 14.7 Å². The summed E-state index contributed by atoms with van der Waals surface area (Å²) in [6.45, 7) is 4.42. The lowest BCUT2D eigenvalue weighted by molar-refractivity contribution is -0.137. The first-order valence-electron chi connectivity index (χ1n) is 8.35. The lowest BCUT2D eigenvalue weighted by Crippen LogP contribution is -2.29. The van der Waals surface area contributed by atoms with Crippen LogP contribution in [0.4, 0.5) is 18.9 Å². The molecule has 0 aromatic heterocycles. The van der Waals surface area contributed by atoms with E-state index in [2.05, 4.69) is 6.58 Å². The molecule has 0 aliphatic carbocycles. The third-order valence-electron chi connectivity index (χ3n) is 4.49. The van der Waals surface area contributed by atoms with Crippen LogP contribution in [0.15, 0.2) is 24.3 Å². The molecule has 1 heterocycles. The van der Waals surface area contributed by atoms with Crippen LogP contribution in [0.2, 0.25) is 0 Å². The minimum absolute atomic E-state index is 0.182. The van der Waals surface area contributed by atoms with E-state index in [1.54, 1.807) is 4.90 Å². The summed E-state index contributed by atoms with van der Waals surface area (Å²) >= 11 is 11.6. The summed E-state index contributed by atoms with van der Waals surface area (Å²) in [6.07, 6.45) is -3.94. The Morgan fingerprint density at radius 3 is 2.37 bits per heavy atom. The van der Waals surface area contributed by atoms with E-state index in [4.69, 9.17) is 27.9 Å². The lowest BCUT2D eigenvalue weighted by Gasteiger charge is -2.27. The first kappa shape index (κ1) is 21.7. The van der Waals surface area contributed by atoms with Crippen LogP contribution in [0, 0.1) is 5.92 Å². The number of rotatable bonds is 8. The highest BCUT2D eigenvalue weighted by molar-refractivity contribution is 6.18. The van der Waals surface area contributed by atoms with Gasteiger partial charge in [-0.3, -0.25) is 0 Å². The fourth-order valence-corrected chi connectivity index (χ4v) is 3.42. The van der Waals surface area contributed by atoms with Crippen molar-refractivity contribution < 1.29 is 27.8 Å². The maximum Gasteiger partial charge on any atom is 0.416 e. The van der Waals surface area contributed by atoms with E-state index in [1.807, 2.05) is 0 Å². The Labute approximate surface area is 165 Å². The van der Waals surface area contributed by atoms with Crippen molar-refractivity contribution in [1.29, 1.82) is 0 Å². The number of hydrogen-bond donors (Lipinski definition) is 1. The van der Waals surface area contributed by atoms with Crippen LogP contribution in [-0.2, 0) is 22.1 Å². The number of ether oxygens (including phenoxy) is 1. The molecule has 1 aromatic rings. The van der Waals surface area contributed by atoms with E-state index in [9.17, 15) is 23.1 Å². The number of nitrogens with zero attached hydrogens (tertiary/aromatic N) is 1. The van der Waals surface area contributed by atoms with Gasteiger partial charge in [0.05, 0.1) is 12.2 Å².